The van der Waals surface area contributed by atoms with Crippen LogP contribution in [-0.4, -0.2) is 17.4 Å². The number of carbonyl (C=O) groups excluding carboxylic acids is 1. The molecular formula is C22H20ClN3O. The van der Waals surface area contributed by atoms with Gasteiger partial charge in [0.2, 0.25) is 5.91 Å². The molecule has 0 unspecified atom stereocenters. The maximum absolute atomic E-state index is 12.4. The van der Waals surface area contributed by atoms with E-state index in [0.29, 0.717) is 10.7 Å². The molecule has 2 N–H and O–H groups in total. The van der Waals surface area contributed by atoms with Crippen molar-refractivity contribution in [2.45, 2.75) is 18.9 Å². The van der Waals surface area contributed by atoms with Gasteiger partial charge in [-0.3, -0.25) is 15.1 Å². The zero-order valence-electron chi connectivity index (χ0n) is 14.8. The molecule has 0 radical (unpaired) electrons. The van der Waals surface area contributed by atoms with E-state index in [0.717, 1.165) is 12.8 Å². The lowest BCUT2D eigenvalue weighted by Gasteiger charge is -2.21. The lowest BCUT2D eigenvalue weighted by atomic mass is 9.94. The quantitative estimate of drug-likeness (QED) is 0.718. The van der Waals surface area contributed by atoms with Gasteiger partial charge < -0.3 is 5.32 Å². The third-order valence-electron chi connectivity index (χ3n) is 4.85. The molecule has 0 aliphatic heterocycles. The summed E-state index contributed by atoms with van der Waals surface area (Å²) in [5.41, 5.74) is 5.71. The van der Waals surface area contributed by atoms with Crippen LogP contribution in [0.15, 0.2) is 67.0 Å². The first kappa shape index (κ1) is 17.7. The van der Waals surface area contributed by atoms with Gasteiger partial charge in [-0.2, -0.15) is 0 Å². The van der Waals surface area contributed by atoms with Crippen LogP contribution in [-0.2, 0) is 17.6 Å². The molecular weight excluding hydrogens is 358 g/mol. The summed E-state index contributed by atoms with van der Waals surface area (Å²) < 4.78 is 0. The number of nitrogens with one attached hydrogen (secondary N) is 2. The van der Waals surface area contributed by atoms with Gasteiger partial charge >= 0.3 is 0 Å². The first-order chi connectivity index (χ1) is 13.2. The number of nitrogens with zero attached hydrogens (tertiary/aromatic N) is 1. The van der Waals surface area contributed by atoms with Crippen molar-refractivity contribution in [1.29, 1.82) is 0 Å². The van der Waals surface area contributed by atoms with Gasteiger partial charge in [-0.05, 0) is 41.2 Å². The zero-order valence-corrected chi connectivity index (χ0v) is 15.5. The summed E-state index contributed by atoms with van der Waals surface area (Å²) in [7, 11) is 0. The normalized spacial score (nSPS) is 13.4. The Hall–Kier alpha value is -2.69. The Morgan fingerprint density at radius 2 is 1.63 bits per heavy atom. The summed E-state index contributed by atoms with van der Waals surface area (Å²) in [6, 6.07) is 18.6. The third kappa shape index (κ3) is 4.02. The van der Waals surface area contributed by atoms with Gasteiger partial charge in [0.15, 0.2) is 0 Å². The topological polar surface area (TPSA) is 54.0 Å². The molecule has 0 spiro atoms. The molecule has 0 saturated carbocycles. The van der Waals surface area contributed by atoms with Crippen LogP contribution >= 0.6 is 11.6 Å². The third-order valence-corrected chi connectivity index (χ3v) is 5.06. The molecule has 27 heavy (non-hydrogen) atoms. The van der Waals surface area contributed by atoms with Crippen LogP contribution in [0.25, 0.3) is 0 Å². The van der Waals surface area contributed by atoms with Gasteiger partial charge in [-0.15, -0.1) is 0 Å². The van der Waals surface area contributed by atoms with Gasteiger partial charge in [0.1, 0.15) is 0 Å². The molecule has 136 valence electrons. The number of rotatable bonds is 4. The van der Waals surface area contributed by atoms with Gasteiger partial charge in [-0.1, -0.05) is 60.1 Å². The first-order valence-corrected chi connectivity index (χ1v) is 9.38. The molecule has 0 fully saturated rings. The highest BCUT2D eigenvalue weighted by Gasteiger charge is 2.23. The molecule has 4 rings (SSSR count). The molecule has 1 aliphatic rings. The molecule has 3 aromatic rings. The number of halogens is 1. The number of fused-ring (bicyclic) bond motifs is 2. The Morgan fingerprint density at radius 3 is 2.26 bits per heavy atom. The monoisotopic (exact) mass is 377 g/mol. The van der Waals surface area contributed by atoms with E-state index in [4.69, 9.17) is 11.6 Å². The summed E-state index contributed by atoms with van der Waals surface area (Å²) in [5, 5.41) is 6.77. The lowest BCUT2D eigenvalue weighted by Crippen LogP contribution is -2.32. The number of benzene rings is 2. The highest BCUT2D eigenvalue weighted by Crippen LogP contribution is 2.32. The summed E-state index contributed by atoms with van der Waals surface area (Å²) in [4.78, 5) is 16.4. The smallest absolute Gasteiger partial charge is 0.238 e. The minimum absolute atomic E-state index is 0.0110. The van der Waals surface area contributed by atoms with E-state index in [1.807, 2.05) is 0 Å². The van der Waals surface area contributed by atoms with E-state index < -0.39 is 0 Å². The largest absolute Gasteiger partial charge is 0.324 e. The van der Waals surface area contributed by atoms with Crippen LogP contribution in [0.1, 0.15) is 28.3 Å². The summed E-state index contributed by atoms with van der Waals surface area (Å²) in [5.74, 6) is -0.127. The van der Waals surface area contributed by atoms with Crippen LogP contribution in [0.2, 0.25) is 5.02 Å². The predicted molar refractivity (Wildman–Crippen MR) is 108 cm³/mol. The van der Waals surface area contributed by atoms with Crippen LogP contribution in [0, 0.1) is 0 Å². The van der Waals surface area contributed by atoms with Crippen molar-refractivity contribution < 1.29 is 4.79 Å². The number of carbonyl (C=O) groups is 1. The molecule has 0 atom stereocenters. The summed E-state index contributed by atoms with van der Waals surface area (Å²) in [6.45, 7) is 0.194. The molecule has 5 heteroatoms. The Balaban J connectivity index is 1.55. The number of hydrogen-bond donors (Lipinski definition) is 2. The maximum Gasteiger partial charge on any atom is 0.238 e. The van der Waals surface area contributed by atoms with Gasteiger partial charge in [0.25, 0.3) is 0 Å². The number of anilines is 1. The molecule has 0 saturated heterocycles. The van der Waals surface area contributed by atoms with Gasteiger partial charge in [-0.25, -0.2) is 0 Å². The molecule has 4 nitrogen and oxygen atoms in total. The Kier molecular flexibility index (Phi) is 5.19. The van der Waals surface area contributed by atoms with Crippen LogP contribution in [0.5, 0.6) is 0 Å². The second-order valence-corrected chi connectivity index (χ2v) is 7.09. The van der Waals surface area contributed by atoms with Crippen molar-refractivity contribution in [3.8, 4) is 0 Å². The molecule has 1 aliphatic carbocycles. The number of amides is 1. The van der Waals surface area contributed by atoms with Crippen molar-refractivity contribution in [2.75, 3.05) is 11.9 Å². The van der Waals surface area contributed by atoms with E-state index in [-0.39, 0.29) is 18.5 Å². The standard InChI is InChI=1S/C22H20ClN3O/c23-17-11-18(13-24-12-17)26-21(27)14-25-22-19-7-3-1-5-15(19)9-10-16-6-2-4-8-20(16)22/h1-8,11-13,22,25H,9-10,14H2,(H,26,27). The van der Waals surface area contributed by atoms with E-state index in [2.05, 4.69) is 64.1 Å². The van der Waals surface area contributed by atoms with Crippen molar-refractivity contribution in [3.63, 3.8) is 0 Å². The van der Waals surface area contributed by atoms with Crippen LogP contribution in [0.3, 0.4) is 0 Å². The molecule has 1 amide bonds. The van der Waals surface area contributed by atoms with Gasteiger partial charge in [0, 0.05) is 6.20 Å². The Morgan fingerprint density at radius 1 is 1.00 bits per heavy atom. The summed E-state index contributed by atoms with van der Waals surface area (Å²) >= 11 is 5.93. The number of aromatic nitrogens is 1. The van der Waals surface area contributed by atoms with E-state index in [1.54, 1.807) is 12.3 Å². The highest BCUT2D eigenvalue weighted by molar-refractivity contribution is 6.30. The predicted octanol–water partition coefficient (Wildman–Crippen LogP) is 4.15. The number of hydrogen-bond acceptors (Lipinski definition) is 3. The van der Waals surface area contributed by atoms with Crippen molar-refractivity contribution in [2.24, 2.45) is 0 Å². The average Bonchev–Trinajstić information content (AvgIpc) is 2.83. The van der Waals surface area contributed by atoms with E-state index in [9.17, 15) is 4.79 Å². The minimum atomic E-state index is -0.127. The Bertz CT molecular complexity index is 926. The second kappa shape index (κ2) is 7.91. The maximum atomic E-state index is 12.4. The molecule has 1 heterocycles. The van der Waals surface area contributed by atoms with Crippen molar-refractivity contribution in [3.05, 3.63) is 94.3 Å². The zero-order chi connectivity index (χ0) is 18.6. The van der Waals surface area contributed by atoms with Crippen LogP contribution < -0.4 is 10.6 Å². The summed E-state index contributed by atoms with van der Waals surface area (Å²) in [6.07, 6.45) is 5.13. The fourth-order valence-electron chi connectivity index (χ4n) is 3.62. The van der Waals surface area contributed by atoms with Gasteiger partial charge in [0.05, 0.1) is 29.5 Å². The van der Waals surface area contributed by atoms with E-state index in [1.165, 1.54) is 28.5 Å². The Labute approximate surface area is 163 Å². The average molecular weight is 378 g/mol. The second-order valence-electron chi connectivity index (χ2n) is 6.65. The number of pyridine rings is 1. The SMILES string of the molecule is O=C(CNC1c2ccccc2CCc2ccccc21)Nc1cncc(Cl)c1. The van der Waals surface area contributed by atoms with Crippen molar-refractivity contribution >= 4 is 23.2 Å². The molecule has 0 bridgehead atoms. The fraction of sp³-hybridized carbons (Fsp3) is 0.182. The fourth-order valence-corrected chi connectivity index (χ4v) is 3.80. The first-order valence-electron chi connectivity index (χ1n) is 9.00. The molecule has 1 aromatic heterocycles. The highest BCUT2D eigenvalue weighted by atomic mass is 35.5. The van der Waals surface area contributed by atoms with Crippen LogP contribution in [0.4, 0.5) is 5.69 Å². The number of aryl methyl sites for hydroxylation is 2. The van der Waals surface area contributed by atoms with E-state index >= 15 is 0 Å². The minimum Gasteiger partial charge on any atom is -0.324 e. The lowest BCUT2D eigenvalue weighted by molar-refractivity contribution is -0.115. The van der Waals surface area contributed by atoms with Crippen molar-refractivity contribution in [1.82, 2.24) is 10.3 Å². The molecule has 2 aromatic carbocycles.